The molecule has 5 nitrogen and oxygen atoms in total. The number of hydrogen-bond donors (Lipinski definition) is 2. The van der Waals surface area contributed by atoms with Gasteiger partial charge in [0.25, 0.3) is 0 Å². The zero-order valence-electron chi connectivity index (χ0n) is 20.1. The highest BCUT2D eigenvalue weighted by Crippen LogP contribution is 2.39. The van der Waals surface area contributed by atoms with Gasteiger partial charge in [-0.05, 0) is 73.0 Å². The average molecular weight is 467 g/mol. The van der Waals surface area contributed by atoms with E-state index in [1.807, 2.05) is 43.3 Å². The number of para-hydroxylation sites is 2. The number of rotatable bonds is 7. The van der Waals surface area contributed by atoms with E-state index in [0.29, 0.717) is 12.1 Å². The predicted octanol–water partition coefficient (Wildman–Crippen LogP) is 6.49. The smallest absolute Gasteiger partial charge is 0.336 e. The molecule has 0 amide bonds. The van der Waals surface area contributed by atoms with Crippen molar-refractivity contribution in [1.29, 1.82) is 0 Å². The SMILES string of the molecule is Cc1ccc(N2CC(CCNC(C)c3cccc4ccccc34)Oc3ccccc32)cc1C(=O)O. The van der Waals surface area contributed by atoms with Crippen molar-refractivity contribution >= 4 is 28.1 Å². The molecule has 0 saturated carbocycles. The molecule has 1 aliphatic rings. The largest absolute Gasteiger partial charge is 0.486 e. The van der Waals surface area contributed by atoms with E-state index in [4.69, 9.17) is 4.74 Å². The van der Waals surface area contributed by atoms with E-state index >= 15 is 0 Å². The Kier molecular flexibility index (Phi) is 6.43. The van der Waals surface area contributed by atoms with Crippen molar-refractivity contribution in [1.82, 2.24) is 5.32 Å². The van der Waals surface area contributed by atoms with Crippen LogP contribution in [0, 0.1) is 6.92 Å². The van der Waals surface area contributed by atoms with Gasteiger partial charge >= 0.3 is 5.97 Å². The van der Waals surface area contributed by atoms with Gasteiger partial charge < -0.3 is 20.1 Å². The molecule has 2 unspecified atom stereocenters. The molecule has 4 aromatic rings. The van der Waals surface area contributed by atoms with Crippen LogP contribution in [0.1, 0.15) is 40.9 Å². The summed E-state index contributed by atoms with van der Waals surface area (Å²) in [6.45, 7) is 5.49. The van der Waals surface area contributed by atoms with Crippen molar-refractivity contribution in [3.63, 3.8) is 0 Å². The quantitative estimate of drug-likeness (QED) is 0.326. The summed E-state index contributed by atoms with van der Waals surface area (Å²) in [6, 6.07) is 28.7. The normalized spacial score (nSPS) is 15.9. The number of carbonyl (C=O) groups is 1. The molecule has 0 saturated heterocycles. The maximum Gasteiger partial charge on any atom is 0.336 e. The molecule has 1 aliphatic heterocycles. The number of fused-ring (bicyclic) bond motifs is 2. The second kappa shape index (κ2) is 9.80. The van der Waals surface area contributed by atoms with Crippen LogP contribution in [-0.2, 0) is 0 Å². The van der Waals surface area contributed by atoms with E-state index in [9.17, 15) is 9.90 Å². The fourth-order valence-electron chi connectivity index (χ4n) is 4.90. The number of hydrogen-bond acceptors (Lipinski definition) is 4. The van der Waals surface area contributed by atoms with Crippen LogP contribution in [0.25, 0.3) is 10.8 Å². The van der Waals surface area contributed by atoms with Crippen LogP contribution in [0.5, 0.6) is 5.75 Å². The highest BCUT2D eigenvalue weighted by Gasteiger charge is 2.27. The Morgan fingerprint density at radius 1 is 1.06 bits per heavy atom. The molecule has 5 heteroatoms. The number of benzene rings is 4. The molecular weight excluding hydrogens is 436 g/mol. The Morgan fingerprint density at radius 3 is 2.69 bits per heavy atom. The Morgan fingerprint density at radius 2 is 1.83 bits per heavy atom. The van der Waals surface area contributed by atoms with Gasteiger partial charge in [-0.2, -0.15) is 0 Å². The van der Waals surface area contributed by atoms with Gasteiger partial charge in [0, 0.05) is 11.7 Å². The molecule has 5 rings (SSSR count). The summed E-state index contributed by atoms with van der Waals surface area (Å²) in [5.41, 5.74) is 4.20. The monoisotopic (exact) mass is 466 g/mol. The zero-order valence-corrected chi connectivity index (χ0v) is 20.1. The van der Waals surface area contributed by atoms with Gasteiger partial charge in [-0.3, -0.25) is 0 Å². The van der Waals surface area contributed by atoms with Gasteiger partial charge in [0.05, 0.1) is 17.8 Å². The Labute approximate surface area is 206 Å². The van der Waals surface area contributed by atoms with Gasteiger partial charge in [0.15, 0.2) is 0 Å². The first-order chi connectivity index (χ1) is 17.0. The summed E-state index contributed by atoms with van der Waals surface area (Å²) in [6.07, 6.45) is 0.809. The van der Waals surface area contributed by atoms with E-state index in [0.717, 1.165) is 35.7 Å². The van der Waals surface area contributed by atoms with Gasteiger partial charge in [0.2, 0.25) is 0 Å². The molecule has 35 heavy (non-hydrogen) atoms. The fourth-order valence-corrected chi connectivity index (χ4v) is 4.90. The minimum absolute atomic E-state index is 0.0216. The van der Waals surface area contributed by atoms with Crippen LogP contribution in [0.4, 0.5) is 11.4 Å². The second-order valence-corrected chi connectivity index (χ2v) is 9.16. The van der Waals surface area contributed by atoms with Crippen LogP contribution in [-0.4, -0.2) is 30.3 Å². The van der Waals surface area contributed by atoms with Gasteiger partial charge in [-0.15, -0.1) is 0 Å². The lowest BCUT2D eigenvalue weighted by molar-refractivity contribution is 0.0696. The van der Waals surface area contributed by atoms with Crippen LogP contribution in [0.15, 0.2) is 84.9 Å². The Bertz CT molecular complexity index is 1360. The molecule has 0 fully saturated rings. The van der Waals surface area contributed by atoms with Crippen molar-refractivity contribution in [3.05, 3.63) is 102 Å². The number of anilines is 2. The molecule has 1 heterocycles. The second-order valence-electron chi connectivity index (χ2n) is 9.16. The molecule has 0 aliphatic carbocycles. The standard InChI is InChI=1S/C30H30N2O3/c1-20-14-15-23(18-27(20)30(33)34)32-19-24(35-29-13-6-5-12-28(29)32)16-17-31-21(2)25-11-7-9-22-8-3-4-10-26(22)25/h3-15,18,21,24,31H,16-17,19H2,1-2H3,(H,33,34). The fraction of sp³-hybridized carbons (Fsp3) is 0.233. The first kappa shape index (κ1) is 22.9. The molecule has 0 spiro atoms. The molecule has 178 valence electrons. The van der Waals surface area contributed by atoms with Crippen molar-refractivity contribution in [3.8, 4) is 5.75 Å². The van der Waals surface area contributed by atoms with Crippen molar-refractivity contribution in [2.75, 3.05) is 18.0 Å². The van der Waals surface area contributed by atoms with Crippen LogP contribution in [0.3, 0.4) is 0 Å². The van der Waals surface area contributed by atoms with Crippen molar-refractivity contribution < 1.29 is 14.6 Å². The van der Waals surface area contributed by atoms with E-state index in [2.05, 4.69) is 59.6 Å². The summed E-state index contributed by atoms with van der Waals surface area (Å²) in [7, 11) is 0. The summed E-state index contributed by atoms with van der Waals surface area (Å²) in [5.74, 6) is -0.0858. The average Bonchev–Trinajstić information content (AvgIpc) is 2.88. The first-order valence-electron chi connectivity index (χ1n) is 12.1. The third-order valence-corrected chi connectivity index (χ3v) is 6.81. The van der Waals surface area contributed by atoms with Gasteiger partial charge in [0.1, 0.15) is 11.9 Å². The Hall–Kier alpha value is -3.83. The number of carboxylic acids is 1. The zero-order chi connectivity index (χ0) is 24.4. The van der Waals surface area contributed by atoms with E-state index in [1.54, 1.807) is 6.07 Å². The number of aromatic carboxylic acids is 1. The van der Waals surface area contributed by atoms with Crippen molar-refractivity contribution in [2.24, 2.45) is 0 Å². The van der Waals surface area contributed by atoms with Crippen LogP contribution in [0.2, 0.25) is 0 Å². The lowest BCUT2D eigenvalue weighted by Gasteiger charge is -2.36. The molecule has 4 aromatic carbocycles. The first-order valence-corrected chi connectivity index (χ1v) is 12.1. The molecule has 0 bridgehead atoms. The molecule has 0 aromatic heterocycles. The minimum atomic E-state index is -0.908. The summed E-state index contributed by atoms with van der Waals surface area (Å²) in [4.78, 5) is 13.9. The highest BCUT2D eigenvalue weighted by molar-refractivity contribution is 5.91. The van der Waals surface area contributed by atoms with Gasteiger partial charge in [-0.1, -0.05) is 60.7 Å². The number of aryl methyl sites for hydroxylation is 1. The number of ether oxygens (including phenoxy) is 1. The van der Waals surface area contributed by atoms with E-state index < -0.39 is 5.97 Å². The maximum atomic E-state index is 11.7. The number of nitrogens with zero attached hydrogens (tertiary/aromatic N) is 1. The molecular formula is C30H30N2O3. The Balaban J connectivity index is 1.31. The molecule has 2 atom stereocenters. The predicted molar refractivity (Wildman–Crippen MR) is 141 cm³/mol. The van der Waals surface area contributed by atoms with E-state index in [1.165, 1.54) is 16.3 Å². The lowest BCUT2D eigenvalue weighted by atomic mass is 9.99. The van der Waals surface area contributed by atoms with Gasteiger partial charge in [-0.25, -0.2) is 4.79 Å². The topological polar surface area (TPSA) is 61.8 Å². The van der Waals surface area contributed by atoms with Crippen molar-refractivity contribution in [2.45, 2.75) is 32.4 Å². The molecule has 2 N–H and O–H groups in total. The number of nitrogens with one attached hydrogen (secondary N) is 1. The molecule has 0 radical (unpaired) electrons. The summed E-state index contributed by atoms with van der Waals surface area (Å²) < 4.78 is 6.34. The highest BCUT2D eigenvalue weighted by atomic mass is 16.5. The van der Waals surface area contributed by atoms with Crippen LogP contribution >= 0.6 is 0 Å². The van der Waals surface area contributed by atoms with Crippen LogP contribution < -0.4 is 15.0 Å². The summed E-state index contributed by atoms with van der Waals surface area (Å²) >= 11 is 0. The third kappa shape index (κ3) is 4.73. The number of carboxylic acid groups (broad SMARTS) is 1. The minimum Gasteiger partial charge on any atom is -0.486 e. The maximum absolute atomic E-state index is 11.7. The van der Waals surface area contributed by atoms with E-state index in [-0.39, 0.29) is 12.1 Å². The third-order valence-electron chi connectivity index (χ3n) is 6.81. The summed E-state index contributed by atoms with van der Waals surface area (Å²) in [5, 5.41) is 15.8. The lowest BCUT2D eigenvalue weighted by Crippen LogP contribution is -2.39.